The third-order valence-corrected chi connectivity index (χ3v) is 4.80. The summed E-state index contributed by atoms with van der Waals surface area (Å²) in [5.41, 5.74) is 5.23. The number of rotatable bonds is 3. The van der Waals surface area contributed by atoms with E-state index in [1.54, 1.807) is 0 Å². The van der Waals surface area contributed by atoms with Crippen LogP contribution in [0, 0.1) is 0 Å². The summed E-state index contributed by atoms with van der Waals surface area (Å²) >= 11 is 10.9. The van der Waals surface area contributed by atoms with Gasteiger partial charge in [-0.15, -0.1) is 0 Å². The average Bonchev–Trinajstić information content (AvgIpc) is 2.69. The predicted octanol–water partition coefficient (Wildman–Crippen LogP) is 5.29. The Labute approximate surface area is 184 Å². The number of pyridine rings is 2. The van der Waals surface area contributed by atoms with Gasteiger partial charge in [0.25, 0.3) is 0 Å². The van der Waals surface area contributed by atoms with Crippen molar-refractivity contribution in [2.24, 2.45) is 0 Å². The maximum absolute atomic E-state index is 5.43. The first-order valence-electron chi connectivity index (χ1n) is 8.20. The molecule has 0 bridgehead atoms. The van der Waals surface area contributed by atoms with Gasteiger partial charge in [0.05, 0.1) is 22.8 Å². The molecule has 2 aromatic carbocycles. The Kier molecular flexibility index (Phi) is 6.33. The largest absolute Gasteiger partial charge is 2.00 e. The second-order valence-electron chi connectivity index (χ2n) is 5.81. The Morgan fingerprint density at radius 3 is 1.22 bits per heavy atom. The van der Waals surface area contributed by atoms with Crippen LogP contribution >= 0.6 is 0 Å². The van der Waals surface area contributed by atoms with Crippen LogP contribution in [0.2, 0.25) is 0 Å². The Balaban J connectivity index is 0.00000210. The molecule has 5 heteroatoms. The SMILES string of the molecule is [Pt+2].[S-]c1ccccc1-c1cccc(-c2cccc(-c3ccccc3[S-])n2)n1. The van der Waals surface area contributed by atoms with Crippen molar-refractivity contribution in [2.75, 3.05) is 0 Å². The van der Waals surface area contributed by atoms with Crippen LogP contribution in [0.4, 0.5) is 0 Å². The molecule has 0 unspecified atom stereocenters. The smallest absolute Gasteiger partial charge is 0.779 e. The maximum Gasteiger partial charge on any atom is 2.00 e. The summed E-state index contributed by atoms with van der Waals surface area (Å²) in [5.74, 6) is 0. The number of hydrogen-bond acceptors (Lipinski definition) is 4. The molecule has 0 atom stereocenters. The summed E-state index contributed by atoms with van der Waals surface area (Å²) in [6.07, 6.45) is 0. The van der Waals surface area contributed by atoms with Gasteiger partial charge in [0, 0.05) is 0 Å². The molecule has 0 aliphatic heterocycles. The summed E-state index contributed by atoms with van der Waals surface area (Å²) in [7, 11) is 0. The first-order chi connectivity index (χ1) is 12.7. The Morgan fingerprint density at radius 1 is 0.444 bits per heavy atom. The van der Waals surface area contributed by atoms with E-state index in [1.807, 2.05) is 84.9 Å². The summed E-state index contributed by atoms with van der Waals surface area (Å²) in [6, 6.07) is 27.5. The molecule has 0 saturated heterocycles. The van der Waals surface area contributed by atoms with Gasteiger partial charge in [-0.3, -0.25) is 0 Å². The van der Waals surface area contributed by atoms with Crippen molar-refractivity contribution in [3.63, 3.8) is 0 Å². The summed E-state index contributed by atoms with van der Waals surface area (Å²) < 4.78 is 0. The molecule has 0 radical (unpaired) electrons. The molecular formula is C22H14N2PtS2. The van der Waals surface area contributed by atoms with Gasteiger partial charge in [-0.25, -0.2) is 9.97 Å². The van der Waals surface area contributed by atoms with Crippen molar-refractivity contribution in [2.45, 2.75) is 9.79 Å². The fraction of sp³-hybridized carbons (Fsp3) is 0. The van der Waals surface area contributed by atoms with Crippen LogP contribution in [-0.4, -0.2) is 9.97 Å². The molecule has 0 saturated carbocycles. The molecule has 2 aromatic heterocycles. The van der Waals surface area contributed by atoms with E-state index in [-0.39, 0.29) is 21.1 Å². The second-order valence-corrected chi connectivity index (χ2v) is 6.69. The minimum atomic E-state index is 0. The van der Waals surface area contributed by atoms with Crippen molar-refractivity contribution < 1.29 is 21.1 Å². The minimum Gasteiger partial charge on any atom is -0.779 e. The van der Waals surface area contributed by atoms with Gasteiger partial charge in [-0.05, 0) is 35.4 Å². The van der Waals surface area contributed by atoms with E-state index >= 15 is 0 Å². The molecule has 4 aromatic rings. The molecule has 0 spiro atoms. The van der Waals surface area contributed by atoms with Crippen molar-refractivity contribution >= 4 is 25.3 Å². The van der Waals surface area contributed by atoms with E-state index in [2.05, 4.69) is 0 Å². The zero-order valence-corrected chi connectivity index (χ0v) is 18.0. The van der Waals surface area contributed by atoms with Crippen LogP contribution in [0.1, 0.15) is 0 Å². The fourth-order valence-corrected chi connectivity index (χ4v) is 3.31. The number of hydrogen-bond donors (Lipinski definition) is 0. The van der Waals surface area contributed by atoms with Gasteiger partial charge in [-0.1, -0.05) is 60.7 Å². The first kappa shape index (κ1) is 19.6. The third kappa shape index (κ3) is 4.24. The van der Waals surface area contributed by atoms with E-state index in [4.69, 9.17) is 35.2 Å². The van der Waals surface area contributed by atoms with Gasteiger partial charge in [0.15, 0.2) is 0 Å². The van der Waals surface area contributed by atoms with Crippen molar-refractivity contribution in [1.82, 2.24) is 9.97 Å². The molecule has 2 nitrogen and oxygen atoms in total. The topological polar surface area (TPSA) is 25.8 Å². The monoisotopic (exact) mass is 565 g/mol. The number of benzene rings is 2. The van der Waals surface area contributed by atoms with Crippen molar-refractivity contribution in [1.29, 1.82) is 0 Å². The zero-order valence-electron chi connectivity index (χ0n) is 14.1. The predicted molar refractivity (Wildman–Crippen MR) is 110 cm³/mol. The molecule has 4 rings (SSSR count). The van der Waals surface area contributed by atoms with Crippen LogP contribution in [-0.2, 0) is 46.3 Å². The van der Waals surface area contributed by atoms with Crippen molar-refractivity contribution in [3.05, 3.63) is 84.9 Å². The molecule has 0 aliphatic rings. The average molecular weight is 566 g/mol. The summed E-state index contributed by atoms with van der Waals surface area (Å²) in [6.45, 7) is 0. The van der Waals surface area contributed by atoms with Crippen LogP contribution in [0.25, 0.3) is 33.9 Å². The summed E-state index contributed by atoms with van der Waals surface area (Å²) in [5, 5.41) is 0. The van der Waals surface area contributed by atoms with E-state index in [0.717, 1.165) is 43.7 Å². The second kappa shape index (κ2) is 8.70. The van der Waals surface area contributed by atoms with Gasteiger partial charge in [-0.2, -0.15) is 9.79 Å². The Hall–Kier alpha value is -2.13. The van der Waals surface area contributed by atoms with Crippen LogP contribution < -0.4 is 0 Å². The van der Waals surface area contributed by atoms with Crippen LogP contribution in [0.15, 0.2) is 94.7 Å². The molecule has 0 amide bonds. The quantitative estimate of drug-likeness (QED) is 0.316. The van der Waals surface area contributed by atoms with Gasteiger partial charge >= 0.3 is 21.1 Å². The number of nitrogens with zero attached hydrogens (tertiary/aromatic N) is 2. The molecular weight excluding hydrogens is 551 g/mol. The normalized spacial score (nSPS) is 10.2. The van der Waals surface area contributed by atoms with E-state index in [1.165, 1.54) is 0 Å². The van der Waals surface area contributed by atoms with Gasteiger partial charge < -0.3 is 25.3 Å². The molecule has 2 heterocycles. The fourth-order valence-electron chi connectivity index (χ4n) is 2.81. The molecule has 27 heavy (non-hydrogen) atoms. The molecule has 0 N–H and O–H groups in total. The van der Waals surface area contributed by atoms with Crippen LogP contribution in [0.3, 0.4) is 0 Å². The third-order valence-electron chi connectivity index (χ3n) is 4.09. The van der Waals surface area contributed by atoms with Crippen molar-refractivity contribution in [3.8, 4) is 33.9 Å². The Bertz CT molecular complexity index is 996. The van der Waals surface area contributed by atoms with E-state index in [0.29, 0.717) is 0 Å². The maximum atomic E-state index is 5.43. The standard InChI is InChI=1S/C22H16N2S2.Pt/c25-21-13-3-1-7-15(21)17-9-5-11-19(23-17)20-12-6-10-18(24-20)16-8-2-4-14-22(16)26;/h1-14,25-26H;/q;+2/p-2. The van der Waals surface area contributed by atoms with Crippen LogP contribution in [0.5, 0.6) is 0 Å². The van der Waals surface area contributed by atoms with Gasteiger partial charge in [0.2, 0.25) is 0 Å². The zero-order chi connectivity index (χ0) is 17.9. The molecule has 0 aliphatic carbocycles. The summed E-state index contributed by atoms with van der Waals surface area (Å²) in [4.78, 5) is 11.1. The van der Waals surface area contributed by atoms with E-state index in [9.17, 15) is 0 Å². The first-order valence-corrected chi connectivity index (χ1v) is 9.01. The number of aromatic nitrogens is 2. The molecule has 134 valence electrons. The minimum absolute atomic E-state index is 0. The molecule has 0 fully saturated rings. The Morgan fingerprint density at radius 2 is 0.815 bits per heavy atom. The van der Waals surface area contributed by atoms with Gasteiger partial charge in [0.1, 0.15) is 0 Å². The van der Waals surface area contributed by atoms with E-state index < -0.39 is 0 Å².